The molecule has 134 valence electrons. The molecule has 3 fully saturated rings. The number of hydrogen-bond acceptors (Lipinski definition) is 3. The molecule has 0 spiro atoms. The van der Waals surface area contributed by atoms with Crippen LogP contribution in [0.15, 0.2) is 24.3 Å². The molecular weight excluding hydrogens is 312 g/mol. The quantitative estimate of drug-likeness (QED) is 0.716. The van der Waals surface area contributed by atoms with Crippen molar-refractivity contribution in [2.45, 2.75) is 44.9 Å². The molecule has 0 heterocycles. The number of ether oxygens (including phenoxy) is 2. The SMILES string of the molecule is COc1ccc(OC)c(/C=C/C(=O)C23CC4CCCC(C2)C(C4)C3)c1. The maximum absolute atomic E-state index is 13.2. The van der Waals surface area contributed by atoms with Crippen molar-refractivity contribution < 1.29 is 14.3 Å². The summed E-state index contributed by atoms with van der Waals surface area (Å²) >= 11 is 0. The van der Waals surface area contributed by atoms with E-state index in [-0.39, 0.29) is 5.41 Å². The van der Waals surface area contributed by atoms with Gasteiger partial charge in [0.2, 0.25) is 0 Å². The lowest BCUT2D eigenvalue weighted by molar-refractivity contribution is -0.125. The highest BCUT2D eigenvalue weighted by Crippen LogP contribution is 2.60. The smallest absolute Gasteiger partial charge is 0.161 e. The summed E-state index contributed by atoms with van der Waals surface area (Å²) in [6, 6.07) is 5.69. The van der Waals surface area contributed by atoms with Crippen LogP contribution in [0.3, 0.4) is 0 Å². The van der Waals surface area contributed by atoms with Crippen LogP contribution < -0.4 is 9.47 Å². The third-order valence-electron chi connectivity index (χ3n) is 6.85. The molecule has 3 aliphatic carbocycles. The van der Waals surface area contributed by atoms with E-state index in [0.29, 0.717) is 5.78 Å². The van der Waals surface area contributed by atoms with E-state index < -0.39 is 0 Å². The van der Waals surface area contributed by atoms with E-state index in [1.807, 2.05) is 24.3 Å². The zero-order chi connectivity index (χ0) is 17.4. The van der Waals surface area contributed by atoms with Gasteiger partial charge in [-0.05, 0) is 73.8 Å². The maximum atomic E-state index is 13.2. The van der Waals surface area contributed by atoms with Gasteiger partial charge in [0.25, 0.3) is 0 Å². The zero-order valence-electron chi connectivity index (χ0n) is 15.3. The normalized spacial score (nSPS) is 33.4. The molecule has 3 aliphatic rings. The Morgan fingerprint density at radius 2 is 1.96 bits per heavy atom. The summed E-state index contributed by atoms with van der Waals surface area (Å²) in [6.45, 7) is 0. The van der Waals surface area contributed by atoms with Crippen molar-refractivity contribution in [2.24, 2.45) is 23.2 Å². The second-order valence-electron chi connectivity index (χ2n) is 8.25. The summed E-state index contributed by atoms with van der Waals surface area (Å²) in [5.74, 6) is 4.24. The summed E-state index contributed by atoms with van der Waals surface area (Å²) in [7, 11) is 3.31. The average Bonchev–Trinajstić information content (AvgIpc) is 2.80. The van der Waals surface area contributed by atoms with Crippen LogP contribution in [0.5, 0.6) is 11.5 Å². The molecule has 0 amide bonds. The molecule has 4 unspecified atom stereocenters. The predicted octanol–water partition coefficient (Wildman–Crippen LogP) is 4.89. The fraction of sp³-hybridized carbons (Fsp3) is 0.591. The highest BCUT2D eigenvalue weighted by Gasteiger charge is 2.54. The molecule has 4 rings (SSSR count). The molecule has 25 heavy (non-hydrogen) atoms. The molecule has 3 nitrogen and oxygen atoms in total. The van der Waals surface area contributed by atoms with Gasteiger partial charge in [0, 0.05) is 11.0 Å². The fourth-order valence-corrected chi connectivity index (χ4v) is 5.77. The predicted molar refractivity (Wildman–Crippen MR) is 98.8 cm³/mol. The number of carbonyl (C=O) groups is 1. The lowest BCUT2D eigenvalue weighted by atomic mass is 9.67. The van der Waals surface area contributed by atoms with Gasteiger partial charge >= 0.3 is 0 Å². The highest BCUT2D eigenvalue weighted by molar-refractivity contribution is 5.98. The number of carbonyl (C=O) groups excluding carboxylic acids is 1. The van der Waals surface area contributed by atoms with E-state index in [4.69, 9.17) is 9.47 Å². The van der Waals surface area contributed by atoms with E-state index in [0.717, 1.165) is 54.1 Å². The van der Waals surface area contributed by atoms with Crippen molar-refractivity contribution in [1.29, 1.82) is 0 Å². The first-order chi connectivity index (χ1) is 12.1. The van der Waals surface area contributed by atoms with Gasteiger partial charge < -0.3 is 9.47 Å². The van der Waals surface area contributed by atoms with Crippen LogP contribution in [0.1, 0.15) is 50.5 Å². The lowest BCUT2D eigenvalue weighted by Crippen LogP contribution is -2.33. The fourth-order valence-electron chi connectivity index (χ4n) is 5.77. The van der Waals surface area contributed by atoms with Gasteiger partial charge in [-0.15, -0.1) is 0 Å². The summed E-state index contributed by atoms with van der Waals surface area (Å²) in [5, 5.41) is 0. The number of allylic oxidation sites excluding steroid dienone is 1. The lowest BCUT2D eigenvalue weighted by Gasteiger charge is -2.36. The average molecular weight is 340 g/mol. The minimum Gasteiger partial charge on any atom is -0.497 e. The Labute approximate surface area is 150 Å². The Morgan fingerprint density at radius 1 is 1.12 bits per heavy atom. The number of benzene rings is 1. The van der Waals surface area contributed by atoms with Crippen molar-refractivity contribution in [3.8, 4) is 11.5 Å². The maximum Gasteiger partial charge on any atom is 0.161 e. The Kier molecular flexibility index (Phi) is 4.35. The van der Waals surface area contributed by atoms with Crippen molar-refractivity contribution in [3.05, 3.63) is 29.8 Å². The highest BCUT2D eigenvalue weighted by atomic mass is 16.5. The van der Waals surface area contributed by atoms with Gasteiger partial charge in [-0.25, -0.2) is 0 Å². The number of fused-ring (bicyclic) bond motifs is 2. The first-order valence-corrected chi connectivity index (χ1v) is 9.58. The first kappa shape index (κ1) is 16.7. The number of hydrogen-bond donors (Lipinski definition) is 0. The van der Waals surface area contributed by atoms with Crippen LogP contribution in [0, 0.1) is 23.2 Å². The first-order valence-electron chi connectivity index (χ1n) is 9.58. The molecular formula is C22H28O3. The van der Waals surface area contributed by atoms with E-state index >= 15 is 0 Å². The molecule has 4 atom stereocenters. The molecule has 3 saturated carbocycles. The van der Waals surface area contributed by atoms with Gasteiger partial charge in [0.1, 0.15) is 11.5 Å². The Morgan fingerprint density at radius 3 is 2.76 bits per heavy atom. The summed E-state index contributed by atoms with van der Waals surface area (Å²) < 4.78 is 10.7. The molecule has 0 N–H and O–H groups in total. The minimum atomic E-state index is -0.0821. The van der Waals surface area contributed by atoms with E-state index in [1.54, 1.807) is 20.3 Å². The molecule has 0 aliphatic heterocycles. The summed E-state index contributed by atoms with van der Waals surface area (Å²) in [5.41, 5.74) is 0.818. The van der Waals surface area contributed by atoms with Crippen LogP contribution in [-0.4, -0.2) is 20.0 Å². The zero-order valence-corrected chi connectivity index (χ0v) is 15.3. The van der Waals surface area contributed by atoms with Crippen LogP contribution in [0.25, 0.3) is 6.08 Å². The minimum absolute atomic E-state index is 0.0821. The van der Waals surface area contributed by atoms with Crippen LogP contribution in [0.4, 0.5) is 0 Å². The van der Waals surface area contributed by atoms with Gasteiger partial charge in [-0.1, -0.05) is 19.3 Å². The van der Waals surface area contributed by atoms with Crippen LogP contribution in [0.2, 0.25) is 0 Å². The largest absolute Gasteiger partial charge is 0.497 e. The van der Waals surface area contributed by atoms with Gasteiger partial charge in [0.15, 0.2) is 5.78 Å². The van der Waals surface area contributed by atoms with Crippen LogP contribution in [-0.2, 0) is 4.79 Å². The van der Waals surface area contributed by atoms with Crippen molar-refractivity contribution in [2.75, 3.05) is 14.2 Å². The monoisotopic (exact) mass is 340 g/mol. The third-order valence-corrected chi connectivity index (χ3v) is 6.85. The second kappa shape index (κ2) is 6.51. The van der Waals surface area contributed by atoms with Crippen LogP contribution >= 0.6 is 0 Å². The third kappa shape index (κ3) is 2.98. The second-order valence-corrected chi connectivity index (χ2v) is 8.25. The molecule has 3 bridgehead atoms. The number of rotatable bonds is 5. The Balaban J connectivity index is 1.57. The van der Waals surface area contributed by atoms with Gasteiger partial charge in [-0.3, -0.25) is 4.79 Å². The molecule has 1 aromatic rings. The number of methoxy groups -OCH3 is 2. The van der Waals surface area contributed by atoms with E-state index in [2.05, 4.69) is 0 Å². The van der Waals surface area contributed by atoms with Crippen molar-refractivity contribution >= 4 is 11.9 Å². The van der Waals surface area contributed by atoms with E-state index in [9.17, 15) is 4.79 Å². The van der Waals surface area contributed by atoms with Crippen molar-refractivity contribution in [1.82, 2.24) is 0 Å². The Hall–Kier alpha value is -1.77. The topological polar surface area (TPSA) is 35.5 Å². The molecule has 3 heteroatoms. The molecule has 0 aromatic heterocycles. The summed E-state index contributed by atoms with van der Waals surface area (Å²) in [4.78, 5) is 13.2. The van der Waals surface area contributed by atoms with E-state index in [1.165, 1.54) is 25.7 Å². The van der Waals surface area contributed by atoms with Gasteiger partial charge in [-0.2, -0.15) is 0 Å². The Bertz CT molecular complexity index is 689. The van der Waals surface area contributed by atoms with Crippen molar-refractivity contribution in [3.63, 3.8) is 0 Å². The summed E-state index contributed by atoms with van der Waals surface area (Å²) in [6.07, 6.45) is 12.5. The standard InChI is InChI=1S/C22H28O3/c1-24-19-7-8-20(25-2)16(11-19)6-9-21(23)22-12-15-4-3-5-17(13-22)18(10-15)14-22/h6-9,11,15,17-18H,3-5,10,12-14H2,1-2H3/b9-6+. The molecule has 1 aromatic carbocycles. The van der Waals surface area contributed by atoms with Gasteiger partial charge in [0.05, 0.1) is 14.2 Å². The molecule has 0 radical (unpaired) electrons. The molecule has 0 saturated heterocycles. The number of ketones is 1.